The van der Waals surface area contributed by atoms with E-state index >= 15 is 0 Å². The number of unbranched alkanes of at least 4 members (excludes halogenated alkanes) is 5. The molecule has 0 rings (SSSR count). The fourth-order valence-electron chi connectivity index (χ4n) is 2.17. The molecule has 1 atom stereocenters. The van der Waals surface area contributed by atoms with E-state index < -0.39 is 11.9 Å². The highest BCUT2D eigenvalue weighted by atomic mass is 16.7. The fourth-order valence-corrected chi connectivity index (χ4v) is 2.17. The Morgan fingerprint density at radius 1 is 1.00 bits per heavy atom. The van der Waals surface area contributed by atoms with Crippen LogP contribution < -0.4 is 0 Å². The molecule has 1 unspecified atom stereocenters. The highest BCUT2D eigenvalue weighted by molar-refractivity contribution is 5.32. The molecular formula is C14H27NO4. The zero-order chi connectivity index (χ0) is 14.6. The van der Waals surface area contributed by atoms with Crippen molar-refractivity contribution >= 4 is 6.08 Å². The molecule has 5 nitrogen and oxygen atoms in total. The molecule has 0 radical (unpaired) electrons. The summed E-state index contributed by atoms with van der Waals surface area (Å²) in [6, 6.07) is 0. The van der Waals surface area contributed by atoms with Crippen molar-refractivity contribution in [1.29, 1.82) is 0 Å². The van der Waals surface area contributed by atoms with Crippen LogP contribution in [0.25, 0.3) is 0 Å². The Morgan fingerprint density at radius 3 is 2.16 bits per heavy atom. The molecule has 0 heterocycles. The summed E-state index contributed by atoms with van der Waals surface area (Å²) in [7, 11) is 0. The Morgan fingerprint density at radius 2 is 1.58 bits per heavy atom. The molecule has 5 heteroatoms. The molecule has 0 aromatic rings. The fraction of sp³-hybridized carbons (Fsp3) is 0.929. The Balaban J connectivity index is 3.84. The van der Waals surface area contributed by atoms with Gasteiger partial charge in [-0.3, -0.25) is 0 Å². The Bertz CT molecular complexity index is 257. The number of aliphatic imine (C=N–C) groups is 1. The molecule has 112 valence electrons. The summed E-state index contributed by atoms with van der Waals surface area (Å²) in [6.45, 7) is 2.47. The maximum absolute atomic E-state index is 9.90. The van der Waals surface area contributed by atoms with Crippen LogP contribution in [0, 0.1) is 5.92 Å². The average molecular weight is 273 g/mol. The van der Waals surface area contributed by atoms with E-state index in [9.17, 15) is 20.1 Å². The van der Waals surface area contributed by atoms with Crippen LogP contribution in [0.4, 0.5) is 0 Å². The quantitative estimate of drug-likeness (QED) is 0.220. The van der Waals surface area contributed by atoms with E-state index in [1.54, 1.807) is 0 Å². The molecule has 0 aliphatic rings. The summed E-state index contributed by atoms with van der Waals surface area (Å²) in [5.74, 6) is -3.21. The molecule has 0 saturated heterocycles. The number of hydrogen-bond acceptors (Lipinski definition) is 5. The van der Waals surface area contributed by atoms with E-state index in [1.807, 2.05) is 0 Å². The Kier molecular flexibility index (Phi) is 10.7. The van der Waals surface area contributed by atoms with Gasteiger partial charge < -0.3 is 15.3 Å². The number of carbonyl (C=O) groups excluding carboxylic acids is 1. The first-order valence-electron chi connectivity index (χ1n) is 7.23. The van der Waals surface area contributed by atoms with Gasteiger partial charge in [-0.2, -0.15) is 0 Å². The van der Waals surface area contributed by atoms with Crippen LogP contribution >= 0.6 is 0 Å². The molecular weight excluding hydrogens is 246 g/mol. The monoisotopic (exact) mass is 273 g/mol. The maximum atomic E-state index is 9.90. The van der Waals surface area contributed by atoms with Crippen molar-refractivity contribution < 1.29 is 20.1 Å². The van der Waals surface area contributed by atoms with Crippen molar-refractivity contribution in [2.45, 2.75) is 70.7 Å². The number of aliphatic hydroxyl groups is 3. The molecule has 0 aliphatic heterocycles. The highest BCUT2D eigenvalue weighted by Crippen LogP contribution is 2.24. The maximum Gasteiger partial charge on any atom is 0.278 e. The first kappa shape index (κ1) is 18.3. The van der Waals surface area contributed by atoms with Crippen molar-refractivity contribution in [1.82, 2.24) is 0 Å². The predicted octanol–water partition coefficient (Wildman–Crippen LogP) is 2.10. The lowest BCUT2D eigenvalue weighted by Gasteiger charge is -2.25. The van der Waals surface area contributed by atoms with Crippen molar-refractivity contribution in [3.05, 3.63) is 0 Å². The van der Waals surface area contributed by atoms with Crippen LogP contribution in [0.1, 0.15) is 64.7 Å². The third-order valence-corrected chi connectivity index (χ3v) is 3.34. The van der Waals surface area contributed by atoms with Gasteiger partial charge in [-0.05, 0) is 19.3 Å². The lowest BCUT2D eigenvalue weighted by molar-refractivity contribution is -0.344. The van der Waals surface area contributed by atoms with Crippen molar-refractivity contribution in [3.8, 4) is 0 Å². The van der Waals surface area contributed by atoms with Crippen molar-refractivity contribution in [2.75, 3.05) is 6.54 Å². The van der Waals surface area contributed by atoms with Gasteiger partial charge in [-0.1, -0.05) is 45.4 Å². The van der Waals surface area contributed by atoms with Gasteiger partial charge in [0.1, 0.15) is 0 Å². The number of nitrogens with zero attached hydrogens (tertiary/aromatic N) is 1. The van der Waals surface area contributed by atoms with Gasteiger partial charge in [0, 0.05) is 5.92 Å². The minimum absolute atomic E-state index is 0.312. The standard InChI is InChI=1S/C14H27NO4/c1-2-3-4-5-6-7-9-13(14(17,18)19)10-8-11-15-12-16/h13,17-19H,2-11H2,1H3. The average Bonchev–Trinajstić information content (AvgIpc) is 2.34. The van der Waals surface area contributed by atoms with Crippen LogP contribution in [0.15, 0.2) is 4.99 Å². The van der Waals surface area contributed by atoms with Gasteiger partial charge >= 0.3 is 0 Å². The van der Waals surface area contributed by atoms with E-state index in [4.69, 9.17) is 0 Å². The van der Waals surface area contributed by atoms with Crippen LogP contribution in [0.2, 0.25) is 0 Å². The molecule has 0 aliphatic carbocycles. The van der Waals surface area contributed by atoms with Gasteiger partial charge in [-0.25, -0.2) is 9.79 Å². The van der Waals surface area contributed by atoms with Gasteiger partial charge in [0.25, 0.3) is 5.97 Å². The topological polar surface area (TPSA) is 90.1 Å². The van der Waals surface area contributed by atoms with Crippen LogP contribution in [-0.4, -0.2) is 33.9 Å². The smallest absolute Gasteiger partial charge is 0.278 e. The van der Waals surface area contributed by atoms with Gasteiger partial charge in [0.05, 0.1) is 6.54 Å². The van der Waals surface area contributed by atoms with Crippen molar-refractivity contribution in [3.63, 3.8) is 0 Å². The van der Waals surface area contributed by atoms with E-state index in [0.717, 1.165) is 19.3 Å². The number of hydrogen-bond donors (Lipinski definition) is 3. The summed E-state index contributed by atoms with van der Waals surface area (Å²) < 4.78 is 0. The minimum atomic E-state index is -2.63. The van der Waals surface area contributed by atoms with E-state index in [1.165, 1.54) is 25.3 Å². The van der Waals surface area contributed by atoms with E-state index in [0.29, 0.717) is 25.8 Å². The summed E-state index contributed by atoms with van der Waals surface area (Å²) in [4.78, 5) is 13.3. The lowest BCUT2D eigenvalue weighted by Crippen LogP contribution is -2.37. The van der Waals surface area contributed by atoms with E-state index in [-0.39, 0.29) is 0 Å². The summed E-state index contributed by atoms with van der Waals surface area (Å²) in [5, 5.41) is 27.8. The molecule has 0 saturated carbocycles. The molecule has 3 N–H and O–H groups in total. The third kappa shape index (κ3) is 10.8. The molecule has 0 bridgehead atoms. The van der Waals surface area contributed by atoms with Gasteiger partial charge in [0.15, 0.2) is 0 Å². The zero-order valence-corrected chi connectivity index (χ0v) is 11.8. The normalized spacial score (nSPS) is 13.1. The second-order valence-electron chi connectivity index (χ2n) is 5.06. The van der Waals surface area contributed by atoms with Gasteiger partial charge in [0.2, 0.25) is 6.08 Å². The SMILES string of the molecule is CCCCCCCCC(CCCN=C=O)C(O)(O)O. The number of rotatable bonds is 12. The largest absolute Gasteiger partial charge is 0.343 e. The molecule has 0 amide bonds. The number of isocyanates is 1. The predicted molar refractivity (Wildman–Crippen MR) is 73.1 cm³/mol. The lowest BCUT2D eigenvalue weighted by atomic mass is 9.93. The Labute approximate surface area is 115 Å². The first-order chi connectivity index (χ1) is 9.02. The highest BCUT2D eigenvalue weighted by Gasteiger charge is 2.30. The van der Waals surface area contributed by atoms with Crippen molar-refractivity contribution in [2.24, 2.45) is 10.9 Å². The molecule has 19 heavy (non-hydrogen) atoms. The van der Waals surface area contributed by atoms with Crippen LogP contribution in [-0.2, 0) is 4.79 Å². The zero-order valence-electron chi connectivity index (χ0n) is 11.8. The minimum Gasteiger partial charge on any atom is -0.343 e. The van der Waals surface area contributed by atoms with Gasteiger partial charge in [-0.15, -0.1) is 0 Å². The Hall–Kier alpha value is -0.740. The van der Waals surface area contributed by atoms with Crippen LogP contribution in [0.3, 0.4) is 0 Å². The molecule has 0 spiro atoms. The third-order valence-electron chi connectivity index (χ3n) is 3.34. The molecule has 0 aromatic heterocycles. The summed E-state index contributed by atoms with van der Waals surface area (Å²) in [5.41, 5.74) is 0. The molecule has 0 fully saturated rings. The van der Waals surface area contributed by atoms with Crippen LogP contribution in [0.5, 0.6) is 0 Å². The second kappa shape index (κ2) is 11.1. The second-order valence-corrected chi connectivity index (χ2v) is 5.06. The first-order valence-corrected chi connectivity index (χ1v) is 7.23. The molecule has 0 aromatic carbocycles. The summed E-state index contributed by atoms with van der Waals surface area (Å²) >= 11 is 0. The van der Waals surface area contributed by atoms with E-state index in [2.05, 4.69) is 11.9 Å². The summed E-state index contributed by atoms with van der Waals surface area (Å²) in [6.07, 6.45) is 9.68.